The van der Waals surface area contributed by atoms with Gasteiger partial charge in [0.05, 0.1) is 25.1 Å². The Balaban J connectivity index is 1.43. The summed E-state index contributed by atoms with van der Waals surface area (Å²) >= 11 is 0. The first kappa shape index (κ1) is 28.6. The van der Waals surface area contributed by atoms with Crippen LogP contribution in [0.4, 0.5) is 0 Å². The SMILES string of the molecule is COc1cc(C)c(S(=O)N(C)CC(=O)NCC(=O)N(C)Cc2ccc(OCC3CCCN3)cc2)c(C)c1. The highest BCUT2D eigenvalue weighted by atomic mass is 32.2. The van der Waals surface area contributed by atoms with Gasteiger partial charge in [-0.25, -0.2) is 8.51 Å². The molecule has 2 amide bonds. The smallest absolute Gasteiger partial charge is 0.242 e. The molecule has 202 valence electrons. The first-order valence-electron chi connectivity index (χ1n) is 12.4. The van der Waals surface area contributed by atoms with Crippen molar-refractivity contribution in [3.05, 3.63) is 53.1 Å². The Morgan fingerprint density at radius 3 is 2.38 bits per heavy atom. The summed E-state index contributed by atoms with van der Waals surface area (Å²) in [5.74, 6) is 0.909. The summed E-state index contributed by atoms with van der Waals surface area (Å²) in [5, 5.41) is 6.04. The lowest BCUT2D eigenvalue weighted by molar-refractivity contribution is -0.132. The molecule has 2 atom stereocenters. The van der Waals surface area contributed by atoms with Crippen molar-refractivity contribution >= 4 is 22.8 Å². The van der Waals surface area contributed by atoms with Gasteiger partial charge in [0.1, 0.15) is 29.1 Å². The number of benzene rings is 2. The first-order valence-corrected chi connectivity index (χ1v) is 13.5. The molecule has 3 rings (SSSR count). The minimum atomic E-state index is -1.53. The Bertz CT molecular complexity index is 1080. The highest BCUT2D eigenvalue weighted by molar-refractivity contribution is 7.82. The van der Waals surface area contributed by atoms with Crippen LogP contribution in [0, 0.1) is 13.8 Å². The van der Waals surface area contributed by atoms with Crippen molar-refractivity contribution in [1.29, 1.82) is 0 Å². The van der Waals surface area contributed by atoms with Gasteiger partial charge in [-0.1, -0.05) is 12.1 Å². The Morgan fingerprint density at radius 2 is 1.78 bits per heavy atom. The van der Waals surface area contributed by atoms with Gasteiger partial charge in [0.25, 0.3) is 0 Å². The minimum Gasteiger partial charge on any atom is -0.497 e. The van der Waals surface area contributed by atoms with Crippen LogP contribution in [0.2, 0.25) is 0 Å². The number of nitrogens with zero attached hydrogens (tertiary/aromatic N) is 2. The van der Waals surface area contributed by atoms with Gasteiger partial charge in [0.2, 0.25) is 11.8 Å². The van der Waals surface area contributed by atoms with Crippen molar-refractivity contribution in [3.63, 3.8) is 0 Å². The van der Waals surface area contributed by atoms with Crippen LogP contribution in [0.25, 0.3) is 0 Å². The van der Waals surface area contributed by atoms with Crippen LogP contribution in [0.1, 0.15) is 29.5 Å². The molecule has 0 aliphatic carbocycles. The summed E-state index contributed by atoms with van der Waals surface area (Å²) in [6.45, 7) is 5.60. The van der Waals surface area contributed by atoms with E-state index < -0.39 is 11.0 Å². The maximum Gasteiger partial charge on any atom is 0.242 e. The fraction of sp³-hybridized carbons (Fsp3) is 0.481. The summed E-state index contributed by atoms with van der Waals surface area (Å²) in [6.07, 6.45) is 2.32. The van der Waals surface area contributed by atoms with Crippen LogP contribution in [-0.2, 0) is 27.1 Å². The van der Waals surface area contributed by atoms with Gasteiger partial charge in [0, 0.05) is 26.7 Å². The molecular weight excluding hydrogens is 492 g/mol. The fourth-order valence-electron chi connectivity index (χ4n) is 4.23. The summed E-state index contributed by atoms with van der Waals surface area (Å²) in [4.78, 5) is 27.2. The quantitative estimate of drug-likeness (QED) is 0.436. The first-order chi connectivity index (χ1) is 17.7. The molecule has 2 aromatic rings. The Hall–Kier alpha value is -2.95. The normalized spacial score (nSPS) is 15.9. The topological polar surface area (TPSA) is 100 Å². The van der Waals surface area contributed by atoms with E-state index in [9.17, 15) is 13.8 Å². The number of rotatable bonds is 12. The third kappa shape index (κ3) is 8.28. The van der Waals surface area contributed by atoms with E-state index in [2.05, 4.69) is 10.6 Å². The van der Waals surface area contributed by atoms with Crippen LogP contribution in [0.15, 0.2) is 41.3 Å². The molecule has 0 spiro atoms. The van der Waals surface area contributed by atoms with Crippen molar-refractivity contribution in [3.8, 4) is 11.5 Å². The lowest BCUT2D eigenvalue weighted by Gasteiger charge is -2.20. The van der Waals surface area contributed by atoms with Gasteiger partial charge in [-0.2, -0.15) is 0 Å². The lowest BCUT2D eigenvalue weighted by atomic mass is 10.1. The van der Waals surface area contributed by atoms with E-state index in [0.29, 0.717) is 29.8 Å². The number of likely N-dealkylation sites (N-methyl/N-ethyl adjacent to an activating group) is 2. The van der Waals surface area contributed by atoms with E-state index in [-0.39, 0.29) is 24.9 Å². The summed E-state index contributed by atoms with van der Waals surface area (Å²) in [7, 11) is 3.37. The van der Waals surface area contributed by atoms with Crippen molar-refractivity contribution in [2.45, 2.75) is 44.2 Å². The molecule has 1 saturated heterocycles. The fourth-order valence-corrected chi connectivity index (χ4v) is 5.45. The van der Waals surface area contributed by atoms with Gasteiger partial charge in [-0.05, 0) is 74.2 Å². The molecule has 2 aromatic carbocycles. The lowest BCUT2D eigenvalue weighted by Crippen LogP contribution is -2.42. The van der Waals surface area contributed by atoms with E-state index in [1.54, 1.807) is 26.1 Å². The molecule has 0 bridgehead atoms. The number of hydrogen-bond donors (Lipinski definition) is 2. The Kier molecular flexibility index (Phi) is 10.5. The predicted molar refractivity (Wildman–Crippen MR) is 144 cm³/mol. The molecule has 2 unspecified atom stereocenters. The van der Waals surface area contributed by atoms with Gasteiger partial charge in [-0.15, -0.1) is 0 Å². The van der Waals surface area contributed by atoms with Gasteiger partial charge < -0.3 is 25.0 Å². The molecule has 0 radical (unpaired) electrons. The molecule has 9 nitrogen and oxygen atoms in total. The number of hydrogen-bond acceptors (Lipinski definition) is 6. The minimum absolute atomic E-state index is 0.105. The van der Waals surface area contributed by atoms with Crippen LogP contribution < -0.4 is 20.1 Å². The van der Waals surface area contributed by atoms with E-state index in [1.807, 2.05) is 50.2 Å². The highest BCUT2D eigenvalue weighted by Crippen LogP contribution is 2.25. The average molecular weight is 531 g/mol. The van der Waals surface area contributed by atoms with Gasteiger partial charge >= 0.3 is 0 Å². The predicted octanol–water partition coefficient (Wildman–Crippen LogP) is 2.17. The van der Waals surface area contributed by atoms with Crippen molar-refractivity contribution in [2.24, 2.45) is 0 Å². The van der Waals surface area contributed by atoms with E-state index in [1.165, 1.54) is 10.7 Å². The molecule has 2 N–H and O–H groups in total. The molecule has 37 heavy (non-hydrogen) atoms. The molecule has 10 heteroatoms. The standard InChI is InChI=1S/C27H38N4O5S/c1-19-13-24(35-5)14-20(2)27(19)37(34)31(4)17-25(32)29-15-26(33)30(3)16-21-8-10-23(11-9-21)36-18-22-7-6-12-28-22/h8-11,13-14,22,28H,6-7,12,15-18H2,1-5H3,(H,29,32). The Labute approximate surface area is 222 Å². The summed E-state index contributed by atoms with van der Waals surface area (Å²) in [6, 6.07) is 11.7. The highest BCUT2D eigenvalue weighted by Gasteiger charge is 2.20. The number of methoxy groups -OCH3 is 1. The van der Waals surface area contributed by atoms with Crippen molar-refractivity contribution in [1.82, 2.24) is 19.8 Å². The zero-order valence-corrected chi connectivity index (χ0v) is 23.2. The molecular formula is C27H38N4O5S. The van der Waals surface area contributed by atoms with E-state index in [0.717, 1.165) is 35.4 Å². The van der Waals surface area contributed by atoms with Crippen molar-refractivity contribution < 1.29 is 23.3 Å². The van der Waals surface area contributed by atoms with Crippen molar-refractivity contribution in [2.75, 3.05) is 47.4 Å². The second-order valence-corrected chi connectivity index (χ2v) is 10.9. The number of aryl methyl sites for hydroxylation is 2. The van der Waals surface area contributed by atoms with Crippen LogP contribution in [-0.4, -0.2) is 78.7 Å². The monoisotopic (exact) mass is 530 g/mol. The third-order valence-corrected chi connectivity index (χ3v) is 8.00. The molecule has 1 fully saturated rings. The third-order valence-electron chi connectivity index (χ3n) is 6.31. The van der Waals surface area contributed by atoms with Crippen LogP contribution in [0.3, 0.4) is 0 Å². The molecule has 1 aliphatic rings. The molecule has 0 saturated carbocycles. The number of carbonyl (C=O) groups is 2. The molecule has 1 aliphatic heterocycles. The Morgan fingerprint density at radius 1 is 1.11 bits per heavy atom. The maximum absolute atomic E-state index is 13.0. The summed E-state index contributed by atoms with van der Waals surface area (Å²) in [5.41, 5.74) is 2.61. The van der Waals surface area contributed by atoms with E-state index >= 15 is 0 Å². The van der Waals surface area contributed by atoms with Crippen LogP contribution in [0.5, 0.6) is 11.5 Å². The zero-order valence-electron chi connectivity index (χ0n) is 22.3. The largest absolute Gasteiger partial charge is 0.497 e. The van der Waals surface area contributed by atoms with Crippen LogP contribution >= 0.6 is 0 Å². The molecule has 1 heterocycles. The zero-order chi connectivity index (χ0) is 26.9. The number of ether oxygens (including phenoxy) is 2. The maximum atomic E-state index is 13.0. The number of carbonyl (C=O) groups excluding carboxylic acids is 2. The number of amides is 2. The second kappa shape index (κ2) is 13.6. The number of nitrogens with one attached hydrogen (secondary N) is 2. The van der Waals surface area contributed by atoms with E-state index in [4.69, 9.17) is 9.47 Å². The average Bonchev–Trinajstić information content (AvgIpc) is 3.40. The van der Waals surface area contributed by atoms with Gasteiger partial charge in [-0.3, -0.25) is 9.59 Å². The second-order valence-electron chi connectivity index (χ2n) is 9.40. The molecule has 0 aromatic heterocycles. The van der Waals surface area contributed by atoms with Gasteiger partial charge in [0.15, 0.2) is 0 Å². The summed E-state index contributed by atoms with van der Waals surface area (Å²) < 4.78 is 25.6.